The van der Waals surface area contributed by atoms with E-state index in [-0.39, 0.29) is 36.0 Å². The lowest BCUT2D eigenvalue weighted by atomic mass is 10.0. The number of rotatable bonds is 23. The van der Waals surface area contributed by atoms with Gasteiger partial charge in [-0.25, -0.2) is 9.97 Å². The van der Waals surface area contributed by atoms with E-state index in [9.17, 15) is 24.0 Å². The van der Waals surface area contributed by atoms with E-state index in [0.29, 0.717) is 66.8 Å². The van der Waals surface area contributed by atoms with E-state index >= 15 is 0 Å². The van der Waals surface area contributed by atoms with Crippen molar-refractivity contribution in [2.75, 3.05) is 55.6 Å². The van der Waals surface area contributed by atoms with Gasteiger partial charge in [0.15, 0.2) is 0 Å². The van der Waals surface area contributed by atoms with Gasteiger partial charge in [-0.05, 0) is 67.0 Å². The van der Waals surface area contributed by atoms with Gasteiger partial charge >= 0.3 is 0 Å². The van der Waals surface area contributed by atoms with Gasteiger partial charge in [0.05, 0.1) is 29.9 Å². The van der Waals surface area contributed by atoms with Gasteiger partial charge < -0.3 is 34.6 Å². The number of carbonyl (C=O) groups excluding carboxylic acids is 5. The van der Waals surface area contributed by atoms with Gasteiger partial charge in [0.1, 0.15) is 11.8 Å². The second-order valence-electron chi connectivity index (χ2n) is 17.2. The van der Waals surface area contributed by atoms with Crippen LogP contribution in [0, 0.1) is 0 Å². The SMILES string of the molecule is C=CC(=O)Nc1cc(Nc2nccc(-c3cn(C)c4ccccc34)n2)c(OC)cc1N(C)CCN(C)C(=O)CCCCCCCCCCSc1cccc2c1CN(C1CCC(=O)NC1=O)C2=O. The van der Waals surface area contributed by atoms with Crippen LogP contribution in [0.4, 0.5) is 23.0 Å². The highest BCUT2D eigenvalue weighted by Gasteiger charge is 2.39. The minimum absolute atomic E-state index is 0.103. The van der Waals surface area contributed by atoms with Crippen molar-refractivity contribution in [3.63, 3.8) is 0 Å². The number of imide groups is 1. The van der Waals surface area contributed by atoms with Crippen molar-refractivity contribution in [3.8, 4) is 17.0 Å². The number of nitrogens with zero attached hydrogens (tertiary/aromatic N) is 6. The molecule has 3 N–H and O–H groups in total. The summed E-state index contributed by atoms with van der Waals surface area (Å²) in [5, 5.41) is 9.68. The Morgan fingerprint density at radius 3 is 2.46 bits per heavy atom. The number of thioether (sulfide) groups is 1. The molecule has 0 saturated carbocycles. The van der Waals surface area contributed by atoms with Crippen LogP contribution >= 0.6 is 11.8 Å². The Kier molecular flexibility index (Phi) is 16.3. The number of hydrogen-bond donors (Lipinski definition) is 3. The Morgan fingerprint density at radius 1 is 0.940 bits per heavy atom. The third-order valence-corrected chi connectivity index (χ3v) is 13.7. The molecular formula is C51H61N9O6S. The van der Waals surface area contributed by atoms with Crippen LogP contribution in [0.1, 0.15) is 86.6 Å². The molecule has 1 fully saturated rings. The van der Waals surface area contributed by atoms with E-state index in [2.05, 4.69) is 56.5 Å². The number of para-hydroxylation sites is 1. The largest absolute Gasteiger partial charge is 0.494 e. The maximum Gasteiger partial charge on any atom is 0.255 e. The lowest BCUT2D eigenvalue weighted by Crippen LogP contribution is -2.52. The highest BCUT2D eigenvalue weighted by atomic mass is 32.2. The van der Waals surface area contributed by atoms with Crippen molar-refractivity contribution in [2.45, 2.75) is 88.1 Å². The third-order valence-electron chi connectivity index (χ3n) is 12.5. The molecule has 1 unspecified atom stereocenters. The molecule has 3 aromatic carbocycles. The van der Waals surface area contributed by atoms with Gasteiger partial charge in [-0.2, -0.15) is 0 Å². The number of hydrogen-bond acceptors (Lipinski definition) is 11. The van der Waals surface area contributed by atoms with Crippen molar-refractivity contribution in [3.05, 3.63) is 96.8 Å². The van der Waals surface area contributed by atoms with E-state index in [1.807, 2.05) is 62.4 Å². The summed E-state index contributed by atoms with van der Waals surface area (Å²) in [5.41, 5.74) is 6.28. The standard InChI is InChI=1S/C51H61N9O6S/c1-6-46(61)53-39-30-40(55-51-52-26-25-38(54-51)36-32-59(4)41-20-15-14-18-34(36)41)44(66-5)31-43(39)57(2)27-28-58(3)48(63)22-13-11-9-7-8-10-12-16-29-67-45-21-17-19-35-37(45)33-60(50(35)65)42-23-24-47(62)56-49(42)64/h6,14-15,17-21,25-26,30-32,42H,1,7-13,16,22-24,27-29,33H2,2-5H3,(H,53,61)(H,52,54,55)(H,56,62,64). The summed E-state index contributed by atoms with van der Waals surface area (Å²) < 4.78 is 7.89. The minimum atomic E-state index is -0.605. The van der Waals surface area contributed by atoms with Crippen LogP contribution in [-0.4, -0.2) is 100.0 Å². The zero-order valence-corrected chi connectivity index (χ0v) is 39.8. The zero-order valence-electron chi connectivity index (χ0n) is 38.9. The fraction of sp³-hybridized carbons (Fsp3) is 0.392. The fourth-order valence-corrected chi connectivity index (χ4v) is 9.81. The Bertz CT molecular complexity index is 2630. The number of likely N-dealkylation sites (N-methyl/N-ethyl adjacent to an activating group) is 2. The second kappa shape index (κ2) is 22.7. The molecule has 352 valence electrons. The predicted molar refractivity (Wildman–Crippen MR) is 265 cm³/mol. The number of fused-ring (bicyclic) bond motifs is 2. The summed E-state index contributed by atoms with van der Waals surface area (Å²) in [7, 11) is 7.33. The summed E-state index contributed by atoms with van der Waals surface area (Å²) >= 11 is 1.76. The van der Waals surface area contributed by atoms with E-state index in [4.69, 9.17) is 9.72 Å². The smallest absolute Gasteiger partial charge is 0.255 e. The molecule has 0 spiro atoms. The molecule has 5 amide bonds. The summed E-state index contributed by atoms with van der Waals surface area (Å²) in [6.07, 6.45) is 14.7. The van der Waals surface area contributed by atoms with Crippen molar-refractivity contribution in [1.29, 1.82) is 0 Å². The number of aryl methyl sites for hydroxylation is 1. The highest BCUT2D eigenvalue weighted by Crippen LogP contribution is 2.39. The average Bonchev–Trinajstić information content (AvgIpc) is 3.85. The molecule has 7 rings (SSSR count). The van der Waals surface area contributed by atoms with Gasteiger partial charge in [-0.3, -0.25) is 29.3 Å². The van der Waals surface area contributed by atoms with Crippen LogP contribution in [0.3, 0.4) is 0 Å². The van der Waals surface area contributed by atoms with Gasteiger partial charge in [-0.15, -0.1) is 11.8 Å². The first kappa shape index (κ1) is 48.3. The molecule has 4 heterocycles. The van der Waals surface area contributed by atoms with E-state index in [1.54, 1.807) is 40.9 Å². The monoisotopic (exact) mass is 927 g/mol. The maximum atomic E-state index is 13.1. The highest BCUT2D eigenvalue weighted by molar-refractivity contribution is 7.99. The molecule has 15 nitrogen and oxygen atoms in total. The first-order chi connectivity index (χ1) is 32.4. The lowest BCUT2D eigenvalue weighted by molar-refractivity contribution is -0.137. The fourth-order valence-electron chi connectivity index (χ4n) is 8.72. The lowest BCUT2D eigenvalue weighted by Gasteiger charge is -2.29. The van der Waals surface area contributed by atoms with Crippen molar-refractivity contribution in [1.82, 2.24) is 29.7 Å². The normalized spacial score (nSPS) is 14.5. The molecule has 1 atom stereocenters. The molecular weight excluding hydrogens is 867 g/mol. The van der Waals surface area contributed by atoms with Crippen LogP contribution in [-0.2, 0) is 32.8 Å². The molecule has 0 radical (unpaired) electrons. The number of ether oxygens (including phenoxy) is 1. The first-order valence-electron chi connectivity index (χ1n) is 23.1. The zero-order chi connectivity index (χ0) is 47.5. The summed E-state index contributed by atoms with van der Waals surface area (Å²) in [5.74, 6) is 0.773. The quantitative estimate of drug-likeness (QED) is 0.0249. The number of piperidine rings is 1. The first-order valence-corrected chi connectivity index (χ1v) is 24.1. The number of nitrogens with one attached hydrogen (secondary N) is 3. The molecule has 5 aromatic rings. The Hall–Kier alpha value is -6.68. The van der Waals surface area contributed by atoms with Gasteiger partial charge in [-0.1, -0.05) is 69.4 Å². The Labute approximate surface area is 396 Å². The Morgan fingerprint density at radius 2 is 1.70 bits per heavy atom. The van der Waals surface area contributed by atoms with E-state index in [1.165, 1.54) is 6.08 Å². The topological polar surface area (TPSA) is 171 Å². The summed E-state index contributed by atoms with van der Waals surface area (Å²) in [6, 6.07) is 18.9. The number of unbranched alkanes of at least 4 members (excludes halogenated alkanes) is 7. The van der Waals surface area contributed by atoms with Gasteiger partial charge in [0.25, 0.3) is 5.91 Å². The van der Waals surface area contributed by atoms with E-state index < -0.39 is 6.04 Å². The molecule has 16 heteroatoms. The Balaban J connectivity index is 0.815. The number of carbonyl (C=O) groups is 5. The number of anilines is 4. The summed E-state index contributed by atoms with van der Waals surface area (Å²) in [4.78, 5) is 78.7. The molecule has 1 saturated heterocycles. The minimum Gasteiger partial charge on any atom is -0.494 e. The van der Waals surface area contributed by atoms with Crippen LogP contribution in [0.2, 0.25) is 0 Å². The van der Waals surface area contributed by atoms with Gasteiger partial charge in [0, 0.05) is 99.0 Å². The number of methoxy groups -OCH3 is 1. The van der Waals surface area contributed by atoms with Crippen LogP contribution < -0.4 is 25.6 Å². The van der Waals surface area contributed by atoms with E-state index in [0.717, 1.165) is 89.7 Å². The molecule has 2 aliphatic rings. The molecule has 2 aliphatic heterocycles. The molecule has 2 aromatic heterocycles. The number of amides is 5. The van der Waals surface area contributed by atoms with Crippen molar-refractivity contribution in [2.24, 2.45) is 7.05 Å². The number of benzene rings is 3. The summed E-state index contributed by atoms with van der Waals surface area (Å²) in [6.45, 7) is 5.04. The molecule has 67 heavy (non-hydrogen) atoms. The third kappa shape index (κ3) is 11.8. The van der Waals surface area contributed by atoms with Crippen LogP contribution in [0.25, 0.3) is 22.2 Å². The average molecular weight is 928 g/mol. The van der Waals surface area contributed by atoms with Crippen LogP contribution in [0.15, 0.2) is 90.6 Å². The molecule has 0 aliphatic carbocycles. The predicted octanol–water partition coefficient (Wildman–Crippen LogP) is 8.47. The number of aromatic nitrogens is 3. The second-order valence-corrected chi connectivity index (χ2v) is 18.3. The van der Waals surface area contributed by atoms with Crippen molar-refractivity contribution >= 4 is 75.2 Å². The van der Waals surface area contributed by atoms with Gasteiger partial charge in [0.2, 0.25) is 29.6 Å². The molecule has 0 bridgehead atoms. The van der Waals surface area contributed by atoms with Crippen LogP contribution in [0.5, 0.6) is 5.75 Å². The maximum absolute atomic E-state index is 13.1. The van der Waals surface area contributed by atoms with Crippen molar-refractivity contribution < 1.29 is 28.7 Å².